The Morgan fingerprint density at radius 2 is 1.83 bits per heavy atom. The van der Waals surface area contributed by atoms with Crippen molar-refractivity contribution < 1.29 is 4.84 Å². The molecule has 1 heterocycles. The average molecular weight is 302 g/mol. The van der Waals surface area contributed by atoms with Crippen molar-refractivity contribution in [1.29, 1.82) is 0 Å². The van der Waals surface area contributed by atoms with E-state index in [1.54, 1.807) is 0 Å². The zero-order valence-electron chi connectivity index (χ0n) is 12.9. The summed E-state index contributed by atoms with van der Waals surface area (Å²) in [6.07, 6.45) is 4.27. The normalized spacial score (nSPS) is 14.9. The first-order valence-electron chi connectivity index (χ1n) is 7.99. The van der Waals surface area contributed by atoms with Gasteiger partial charge in [0.1, 0.15) is 6.61 Å². The van der Waals surface area contributed by atoms with E-state index in [1.807, 2.05) is 54.7 Å². The Morgan fingerprint density at radius 3 is 2.65 bits per heavy atom. The highest BCUT2D eigenvalue weighted by Crippen LogP contribution is 2.34. The van der Waals surface area contributed by atoms with Gasteiger partial charge in [0, 0.05) is 23.1 Å². The number of nitrogens with zero attached hydrogens (tertiary/aromatic N) is 2. The summed E-state index contributed by atoms with van der Waals surface area (Å²) < 4.78 is 0. The van der Waals surface area contributed by atoms with Gasteiger partial charge in [-0.3, -0.25) is 4.98 Å². The van der Waals surface area contributed by atoms with Gasteiger partial charge in [0.25, 0.3) is 0 Å². The van der Waals surface area contributed by atoms with Crippen molar-refractivity contribution in [3.63, 3.8) is 0 Å². The summed E-state index contributed by atoms with van der Waals surface area (Å²) in [5.74, 6) is 0.508. The van der Waals surface area contributed by atoms with Gasteiger partial charge in [-0.2, -0.15) is 0 Å². The summed E-state index contributed by atoms with van der Waals surface area (Å²) in [5.41, 5.74) is 4.23. The van der Waals surface area contributed by atoms with Crippen molar-refractivity contribution in [2.45, 2.75) is 19.4 Å². The van der Waals surface area contributed by atoms with Gasteiger partial charge in [-0.1, -0.05) is 53.7 Å². The van der Waals surface area contributed by atoms with E-state index in [-0.39, 0.29) is 0 Å². The van der Waals surface area contributed by atoms with Crippen LogP contribution in [0.15, 0.2) is 72.0 Å². The molecule has 1 aliphatic rings. The third kappa shape index (κ3) is 3.24. The summed E-state index contributed by atoms with van der Waals surface area (Å²) in [7, 11) is 0. The summed E-state index contributed by atoms with van der Waals surface area (Å²) >= 11 is 0. The lowest BCUT2D eigenvalue weighted by molar-refractivity contribution is 0.130. The number of para-hydroxylation sites is 1. The molecule has 1 aromatic heterocycles. The minimum atomic E-state index is 0.498. The average Bonchev–Trinajstić information content (AvgIpc) is 3.44. The fourth-order valence-electron chi connectivity index (χ4n) is 2.68. The molecule has 1 aliphatic carbocycles. The van der Waals surface area contributed by atoms with Crippen LogP contribution in [0.1, 0.15) is 24.0 Å². The van der Waals surface area contributed by atoms with Crippen LogP contribution in [-0.2, 0) is 11.4 Å². The number of benzene rings is 2. The molecule has 0 aliphatic heterocycles. The van der Waals surface area contributed by atoms with Crippen molar-refractivity contribution in [2.24, 2.45) is 11.1 Å². The van der Waals surface area contributed by atoms with E-state index in [0.29, 0.717) is 12.5 Å². The maximum absolute atomic E-state index is 5.61. The third-order valence-corrected chi connectivity index (χ3v) is 4.09. The topological polar surface area (TPSA) is 34.5 Å². The molecule has 2 aromatic carbocycles. The smallest absolute Gasteiger partial charge is 0.142 e. The maximum atomic E-state index is 5.61. The summed E-state index contributed by atoms with van der Waals surface area (Å²) in [5, 5.41) is 5.57. The number of fused-ring (bicyclic) bond motifs is 1. The van der Waals surface area contributed by atoms with E-state index in [1.165, 1.54) is 12.8 Å². The summed E-state index contributed by atoms with van der Waals surface area (Å²) in [4.78, 5) is 10.2. The van der Waals surface area contributed by atoms with Gasteiger partial charge in [0.15, 0.2) is 0 Å². The Bertz CT molecular complexity index is 838. The number of aromatic nitrogens is 1. The van der Waals surface area contributed by atoms with Crippen LogP contribution in [-0.4, -0.2) is 10.7 Å². The number of rotatable bonds is 5. The second-order valence-electron chi connectivity index (χ2n) is 5.93. The van der Waals surface area contributed by atoms with Crippen LogP contribution < -0.4 is 0 Å². The molecule has 1 saturated carbocycles. The van der Waals surface area contributed by atoms with Crippen molar-refractivity contribution >= 4 is 16.6 Å². The Balaban J connectivity index is 1.58. The van der Waals surface area contributed by atoms with E-state index in [2.05, 4.69) is 22.3 Å². The third-order valence-electron chi connectivity index (χ3n) is 4.09. The van der Waals surface area contributed by atoms with Crippen molar-refractivity contribution in [3.05, 3.63) is 78.0 Å². The van der Waals surface area contributed by atoms with Crippen LogP contribution in [0, 0.1) is 5.92 Å². The van der Waals surface area contributed by atoms with Crippen LogP contribution in [0.5, 0.6) is 0 Å². The quantitative estimate of drug-likeness (QED) is 0.511. The van der Waals surface area contributed by atoms with Crippen molar-refractivity contribution in [2.75, 3.05) is 0 Å². The molecular formula is C20H18N2O. The molecule has 0 radical (unpaired) electrons. The highest BCUT2D eigenvalue weighted by atomic mass is 16.6. The molecule has 0 atom stereocenters. The van der Waals surface area contributed by atoms with Crippen LogP contribution in [0.4, 0.5) is 0 Å². The Labute approximate surface area is 135 Å². The Kier molecular flexibility index (Phi) is 3.76. The molecule has 0 spiro atoms. The first-order chi connectivity index (χ1) is 11.4. The highest BCUT2D eigenvalue weighted by Gasteiger charge is 2.29. The second kappa shape index (κ2) is 6.21. The first kappa shape index (κ1) is 13.9. The Hall–Kier alpha value is -2.68. The predicted octanol–water partition coefficient (Wildman–Crippen LogP) is 4.57. The molecule has 3 heteroatoms. The van der Waals surface area contributed by atoms with Gasteiger partial charge in [-0.15, -0.1) is 0 Å². The van der Waals surface area contributed by atoms with Crippen LogP contribution in [0.2, 0.25) is 0 Å². The molecule has 0 unspecified atom stereocenters. The molecule has 1 fully saturated rings. The lowest BCUT2D eigenvalue weighted by Crippen LogP contribution is -2.05. The Morgan fingerprint density at radius 1 is 1.04 bits per heavy atom. The zero-order valence-corrected chi connectivity index (χ0v) is 12.9. The number of hydrogen-bond donors (Lipinski definition) is 0. The molecule has 3 nitrogen and oxygen atoms in total. The fraction of sp³-hybridized carbons (Fsp3) is 0.200. The predicted molar refractivity (Wildman–Crippen MR) is 92.2 cm³/mol. The highest BCUT2D eigenvalue weighted by molar-refractivity contribution is 6.04. The van der Waals surface area contributed by atoms with Crippen molar-refractivity contribution in [3.8, 4) is 0 Å². The monoisotopic (exact) mass is 302 g/mol. The molecule has 0 bridgehead atoms. The van der Waals surface area contributed by atoms with E-state index < -0.39 is 0 Å². The molecule has 0 saturated heterocycles. The summed E-state index contributed by atoms with van der Waals surface area (Å²) in [6.45, 7) is 0.498. The molecule has 0 amide bonds. The molecule has 23 heavy (non-hydrogen) atoms. The van der Waals surface area contributed by atoms with Crippen LogP contribution in [0.25, 0.3) is 10.9 Å². The van der Waals surface area contributed by atoms with Crippen LogP contribution in [0.3, 0.4) is 0 Å². The largest absolute Gasteiger partial charge is 0.391 e. The van der Waals surface area contributed by atoms with Gasteiger partial charge >= 0.3 is 0 Å². The maximum Gasteiger partial charge on any atom is 0.142 e. The number of oxime groups is 1. The molecular weight excluding hydrogens is 284 g/mol. The van der Waals surface area contributed by atoms with E-state index in [9.17, 15) is 0 Å². The minimum Gasteiger partial charge on any atom is -0.391 e. The van der Waals surface area contributed by atoms with E-state index >= 15 is 0 Å². The second-order valence-corrected chi connectivity index (χ2v) is 5.93. The SMILES string of the molecule is c1ccc(CON=C(c2cnc3ccccc3c2)C2CC2)cc1. The lowest BCUT2D eigenvalue weighted by atomic mass is 10.1. The van der Waals surface area contributed by atoms with E-state index in [4.69, 9.17) is 4.84 Å². The van der Waals surface area contributed by atoms with Gasteiger partial charge in [0.05, 0.1) is 11.2 Å². The van der Waals surface area contributed by atoms with Gasteiger partial charge in [-0.25, -0.2) is 0 Å². The molecule has 114 valence electrons. The summed E-state index contributed by atoms with van der Waals surface area (Å²) in [6, 6.07) is 20.4. The van der Waals surface area contributed by atoms with Gasteiger partial charge in [-0.05, 0) is 30.5 Å². The fourth-order valence-corrected chi connectivity index (χ4v) is 2.68. The lowest BCUT2D eigenvalue weighted by Gasteiger charge is -2.07. The minimum absolute atomic E-state index is 0.498. The standard InChI is InChI=1S/C20H18N2O/c1-2-6-15(7-3-1)14-23-22-20(16-10-11-16)18-12-17-8-4-5-9-19(17)21-13-18/h1-9,12-13,16H,10-11,14H2. The first-order valence-corrected chi connectivity index (χ1v) is 7.99. The van der Waals surface area contributed by atoms with Crippen molar-refractivity contribution in [1.82, 2.24) is 4.98 Å². The number of hydrogen-bond acceptors (Lipinski definition) is 3. The van der Waals surface area contributed by atoms with Gasteiger partial charge < -0.3 is 4.84 Å². The molecule has 0 N–H and O–H groups in total. The zero-order chi connectivity index (χ0) is 15.5. The van der Waals surface area contributed by atoms with Crippen LogP contribution >= 0.6 is 0 Å². The molecule has 3 aromatic rings. The van der Waals surface area contributed by atoms with E-state index in [0.717, 1.165) is 27.7 Å². The number of pyridine rings is 1. The van der Waals surface area contributed by atoms with Gasteiger partial charge in [0.2, 0.25) is 0 Å². The molecule has 4 rings (SSSR count).